The van der Waals surface area contributed by atoms with Crippen LogP contribution in [0.2, 0.25) is 5.15 Å². The molecule has 4 rings (SSSR count). The zero-order valence-electron chi connectivity index (χ0n) is 18.9. The summed E-state index contributed by atoms with van der Waals surface area (Å²) in [6.07, 6.45) is 4.28. The molecule has 0 aromatic carbocycles. The van der Waals surface area contributed by atoms with E-state index in [0.717, 1.165) is 30.1 Å². The number of imidazole rings is 1. The molecule has 1 unspecified atom stereocenters. The molecule has 0 saturated carbocycles. The highest BCUT2D eigenvalue weighted by molar-refractivity contribution is 6.47. The van der Waals surface area contributed by atoms with Gasteiger partial charge in [0.15, 0.2) is 0 Å². The zero-order chi connectivity index (χ0) is 23.1. The molecular weight excluding hydrogens is 426 g/mol. The van der Waals surface area contributed by atoms with Crippen LogP contribution in [-0.2, 0) is 0 Å². The Kier molecular flexibility index (Phi) is 8.19. The molecule has 1 aliphatic heterocycles. The number of fused-ring (bicyclic) bond motifs is 1. The summed E-state index contributed by atoms with van der Waals surface area (Å²) in [6.45, 7) is 9.81. The highest BCUT2D eigenvalue weighted by Gasteiger charge is 2.20. The monoisotopic (exact) mass is 455 g/mol. The SMILES string of the molecule is CC(=NC1CNC1)/C(=N\N)c1cc(OC(C)c2ccccn2)n2c(Cl)cnc2c1.CCC. The maximum atomic E-state index is 6.35. The quantitative estimate of drug-likeness (QED) is 0.332. The molecule has 0 amide bonds. The van der Waals surface area contributed by atoms with E-state index in [2.05, 4.69) is 34.2 Å². The molecule has 0 radical (unpaired) electrons. The van der Waals surface area contributed by atoms with Gasteiger partial charge in [0.05, 0.1) is 23.6 Å². The smallest absolute Gasteiger partial charge is 0.201 e. The summed E-state index contributed by atoms with van der Waals surface area (Å²) in [6, 6.07) is 9.67. The van der Waals surface area contributed by atoms with E-state index in [1.54, 1.807) is 16.8 Å². The number of pyridine rings is 2. The lowest BCUT2D eigenvalue weighted by molar-refractivity contribution is 0.210. The van der Waals surface area contributed by atoms with Crippen molar-refractivity contribution in [3.05, 3.63) is 59.1 Å². The Morgan fingerprint density at radius 1 is 1.31 bits per heavy atom. The minimum Gasteiger partial charge on any atom is -0.469 e. The van der Waals surface area contributed by atoms with Crippen LogP contribution in [0.4, 0.5) is 0 Å². The first kappa shape index (κ1) is 23.7. The number of rotatable bonds is 6. The van der Waals surface area contributed by atoms with Crippen molar-refractivity contribution in [3.63, 3.8) is 0 Å². The topological polar surface area (TPSA) is 102 Å². The fourth-order valence-corrected chi connectivity index (χ4v) is 3.42. The van der Waals surface area contributed by atoms with E-state index in [9.17, 15) is 0 Å². The second-order valence-corrected chi connectivity index (χ2v) is 7.97. The van der Waals surface area contributed by atoms with Crippen molar-refractivity contribution in [3.8, 4) is 5.88 Å². The number of nitrogens with one attached hydrogen (secondary N) is 1. The summed E-state index contributed by atoms with van der Waals surface area (Å²) in [4.78, 5) is 13.4. The molecule has 1 aliphatic rings. The van der Waals surface area contributed by atoms with Gasteiger partial charge in [-0.3, -0.25) is 14.4 Å². The lowest BCUT2D eigenvalue weighted by Gasteiger charge is -2.24. The van der Waals surface area contributed by atoms with Gasteiger partial charge in [0.2, 0.25) is 5.88 Å². The van der Waals surface area contributed by atoms with Crippen LogP contribution in [0, 0.1) is 0 Å². The molecule has 0 aliphatic carbocycles. The molecule has 3 aromatic rings. The van der Waals surface area contributed by atoms with Gasteiger partial charge < -0.3 is 15.9 Å². The molecule has 0 spiro atoms. The number of nitrogens with two attached hydrogens (primary N) is 1. The van der Waals surface area contributed by atoms with Gasteiger partial charge in [-0.1, -0.05) is 37.9 Å². The number of hydrogen-bond donors (Lipinski definition) is 2. The Balaban J connectivity index is 0.000000913. The van der Waals surface area contributed by atoms with E-state index in [0.29, 0.717) is 22.4 Å². The van der Waals surface area contributed by atoms with E-state index in [1.165, 1.54) is 6.42 Å². The molecule has 1 saturated heterocycles. The van der Waals surface area contributed by atoms with Crippen LogP contribution in [0.15, 0.2) is 52.8 Å². The molecular formula is C23H30ClN7O. The molecule has 9 heteroatoms. The van der Waals surface area contributed by atoms with Crippen molar-refractivity contribution >= 4 is 28.7 Å². The molecule has 1 fully saturated rings. The Labute approximate surface area is 193 Å². The average Bonchev–Trinajstić information content (AvgIpc) is 3.13. The largest absolute Gasteiger partial charge is 0.469 e. The van der Waals surface area contributed by atoms with Gasteiger partial charge in [0.1, 0.15) is 22.6 Å². The predicted octanol–water partition coefficient (Wildman–Crippen LogP) is 4.03. The lowest BCUT2D eigenvalue weighted by atomic mass is 10.1. The van der Waals surface area contributed by atoms with Crippen molar-refractivity contribution in [2.24, 2.45) is 15.9 Å². The van der Waals surface area contributed by atoms with Gasteiger partial charge in [-0.25, -0.2) is 4.98 Å². The fourth-order valence-electron chi connectivity index (χ4n) is 3.20. The standard InChI is InChI=1S/C20H22ClN7O.C3H8/c1-12(26-15-9-23-10-15)20(27-22)14-7-18-25-11-17(21)28(18)19(8-14)29-13(2)16-5-3-4-6-24-16;1-3-2/h3-8,11,13,15,23H,9-10,22H2,1-2H3;3H2,1-2H3/b26-12?,27-20+;. The predicted molar refractivity (Wildman–Crippen MR) is 130 cm³/mol. The summed E-state index contributed by atoms with van der Waals surface area (Å²) in [5.41, 5.74) is 3.57. The molecule has 0 bridgehead atoms. The third-order valence-electron chi connectivity index (χ3n) is 4.81. The van der Waals surface area contributed by atoms with Crippen LogP contribution < -0.4 is 15.9 Å². The molecule has 4 heterocycles. The fraction of sp³-hybridized carbons (Fsp3) is 0.391. The Morgan fingerprint density at radius 3 is 2.66 bits per heavy atom. The minimum absolute atomic E-state index is 0.247. The maximum Gasteiger partial charge on any atom is 0.201 e. The number of ether oxygens (including phenoxy) is 1. The van der Waals surface area contributed by atoms with Gasteiger partial charge >= 0.3 is 0 Å². The van der Waals surface area contributed by atoms with E-state index in [4.69, 9.17) is 27.2 Å². The van der Waals surface area contributed by atoms with Crippen LogP contribution in [0.5, 0.6) is 5.88 Å². The second kappa shape index (κ2) is 11.1. The summed E-state index contributed by atoms with van der Waals surface area (Å²) < 4.78 is 7.95. The number of hydrazone groups is 1. The van der Waals surface area contributed by atoms with Crippen molar-refractivity contribution in [2.45, 2.75) is 46.3 Å². The summed E-state index contributed by atoms with van der Waals surface area (Å²) in [5.74, 6) is 6.25. The van der Waals surface area contributed by atoms with Crippen LogP contribution in [0.1, 0.15) is 51.5 Å². The maximum absolute atomic E-state index is 6.35. The van der Waals surface area contributed by atoms with Crippen LogP contribution in [0.25, 0.3) is 5.65 Å². The lowest BCUT2D eigenvalue weighted by Crippen LogP contribution is -2.46. The number of aliphatic imine (C=N–C) groups is 1. The third-order valence-corrected chi connectivity index (χ3v) is 5.08. The first-order chi connectivity index (χ1) is 15.5. The van der Waals surface area contributed by atoms with Crippen LogP contribution >= 0.6 is 11.6 Å². The Bertz CT molecular complexity index is 1090. The molecule has 32 heavy (non-hydrogen) atoms. The van der Waals surface area contributed by atoms with Gasteiger partial charge in [0.25, 0.3) is 0 Å². The first-order valence-corrected chi connectivity index (χ1v) is 11.1. The van der Waals surface area contributed by atoms with E-state index in [-0.39, 0.29) is 12.1 Å². The van der Waals surface area contributed by atoms with Crippen molar-refractivity contribution < 1.29 is 4.74 Å². The average molecular weight is 456 g/mol. The summed E-state index contributed by atoms with van der Waals surface area (Å²) in [5, 5.41) is 7.64. The molecule has 8 nitrogen and oxygen atoms in total. The van der Waals surface area contributed by atoms with Gasteiger partial charge in [-0.2, -0.15) is 5.10 Å². The van der Waals surface area contributed by atoms with E-state index < -0.39 is 0 Å². The first-order valence-electron chi connectivity index (χ1n) is 10.8. The van der Waals surface area contributed by atoms with Gasteiger partial charge in [-0.05, 0) is 32.0 Å². The molecule has 3 aromatic heterocycles. The Hall–Kier alpha value is -2.97. The number of hydrogen-bond acceptors (Lipinski definition) is 7. The second-order valence-electron chi connectivity index (χ2n) is 7.58. The van der Waals surface area contributed by atoms with Crippen molar-refractivity contribution in [1.82, 2.24) is 19.7 Å². The van der Waals surface area contributed by atoms with Gasteiger partial charge in [0, 0.05) is 30.9 Å². The van der Waals surface area contributed by atoms with Gasteiger partial charge in [-0.15, -0.1) is 0 Å². The normalized spacial score (nSPS) is 15.7. The Morgan fingerprint density at radius 2 is 2.06 bits per heavy atom. The number of aromatic nitrogens is 3. The highest BCUT2D eigenvalue weighted by atomic mass is 35.5. The van der Waals surface area contributed by atoms with Crippen LogP contribution in [-0.4, -0.2) is 44.9 Å². The van der Waals surface area contributed by atoms with E-state index >= 15 is 0 Å². The molecule has 1 atom stereocenters. The summed E-state index contributed by atoms with van der Waals surface area (Å²) in [7, 11) is 0. The highest BCUT2D eigenvalue weighted by Crippen LogP contribution is 2.27. The van der Waals surface area contributed by atoms with Crippen molar-refractivity contribution in [2.75, 3.05) is 13.1 Å². The van der Waals surface area contributed by atoms with Crippen molar-refractivity contribution in [1.29, 1.82) is 0 Å². The summed E-state index contributed by atoms with van der Waals surface area (Å²) >= 11 is 6.35. The molecule has 170 valence electrons. The molecule has 3 N–H and O–H groups in total. The number of halogens is 1. The van der Waals surface area contributed by atoms with Crippen LogP contribution in [0.3, 0.4) is 0 Å². The van der Waals surface area contributed by atoms with E-state index in [1.807, 2.05) is 44.2 Å². The zero-order valence-corrected chi connectivity index (χ0v) is 19.7. The third kappa shape index (κ3) is 5.44. The number of nitrogens with zero attached hydrogens (tertiary/aromatic N) is 5. The minimum atomic E-state index is -0.290.